The van der Waals surface area contributed by atoms with E-state index in [1.165, 1.54) is 81.2 Å². The number of thiophene rings is 1. The third kappa shape index (κ3) is 3.26. The van der Waals surface area contributed by atoms with Gasteiger partial charge < -0.3 is 0 Å². The van der Waals surface area contributed by atoms with Crippen molar-refractivity contribution in [3.05, 3.63) is 140 Å². The van der Waals surface area contributed by atoms with E-state index in [1.54, 1.807) is 0 Å². The summed E-state index contributed by atoms with van der Waals surface area (Å²) in [5.74, 6) is 0. The van der Waals surface area contributed by atoms with E-state index >= 15 is 0 Å². The van der Waals surface area contributed by atoms with Crippen molar-refractivity contribution in [2.24, 2.45) is 0 Å². The van der Waals surface area contributed by atoms with Crippen molar-refractivity contribution in [3.63, 3.8) is 0 Å². The zero-order chi connectivity index (χ0) is 26.9. The number of aromatic nitrogens is 1. The Morgan fingerprint density at radius 2 is 0.927 bits per heavy atom. The lowest BCUT2D eigenvalue weighted by molar-refractivity contribution is 1.41. The van der Waals surface area contributed by atoms with Gasteiger partial charge in [0.2, 0.25) is 0 Å². The number of pyridine rings is 1. The largest absolute Gasteiger partial charge is 0.256 e. The fourth-order valence-corrected chi connectivity index (χ4v) is 8.02. The highest BCUT2D eigenvalue weighted by Gasteiger charge is 2.26. The third-order valence-corrected chi connectivity index (χ3v) is 9.74. The van der Waals surface area contributed by atoms with Crippen LogP contribution in [0.1, 0.15) is 0 Å². The summed E-state index contributed by atoms with van der Waals surface area (Å²) in [5, 5.41) is 3.83. The summed E-state index contributed by atoms with van der Waals surface area (Å²) in [6.07, 6.45) is 1.88. The van der Waals surface area contributed by atoms with Gasteiger partial charge in [-0.1, -0.05) is 115 Å². The van der Waals surface area contributed by atoms with Crippen molar-refractivity contribution in [1.82, 2.24) is 4.98 Å². The van der Waals surface area contributed by atoms with Gasteiger partial charge in [-0.15, -0.1) is 11.3 Å². The van der Waals surface area contributed by atoms with Gasteiger partial charge in [-0.25, -0.2) is 0 Å². The predicted octanol–water partition coefficient (Wildman–Crippen LogP) is 11.3. The summed E-state index contributed by atoms with van der Waals surface area (Å²) in [7, 11) is 0. The zero-order valence-corrected chi connectivity index (χ0v) is 23.0. The monoisotopic (exact) mass is 537 g/mol. The van der Waals surface area contributed by atoms with Crippen LogP contribution in [0.3, 0.4) is 0 Å². The van der Waals surface area contributed by atoms with E-state index in [2.05, 4.69) is 127 Å². The van der Waals surface area contributed by atoms with Gasteiger partial charge in [-0.05, 0) is 68.3 Å². The van der Waals surface area contributed by atoms with Crippen molar-refractivity contribution in [1.29, 1.82) is 0 Å². The molecule has 1 nitrogen and oxygen atoms in total. The van der Waals surface area contributed by atoms with E-state index in [4.69, 9.17) is 4.98 Å². The second kappa shape index (κ2) is 8.72. The van der Waals surface area contributed by atoms with Gasteiger partial charge >= 0.3 is 0 Å². The van der Waals surface area contributed by atoms with Crippen molar-refractivity contribution in [3.8, 4) is 55.6 Å². The number of fused-ring (bicyclic) bond motifs is 13. The molecule has 41 heavy (non-hydrogen) atoms. The Morgan fingerprint density at radius 3 is 1.76 bits per heavy atom. The first-order valence-electron chi connectivity index (χ1n) is 14.0. The fourth-order valence-electron chi connectivity index (χ4n) is 6.79. The maximum absolute atomic E-state index is 4.72. The van der Waals surface area contributed by atoms with Gasteiger partial charge in [0.1, 0.15) is 0 Å². The molecular formula is C39H23NS. The molecule has 2 heterocycles. The quantitative estimate of drug-likeness (QED) is 0.203. The van der Waals surface area contributed by atoms with Crippen LogP contribution >= 0.6 is 11.3 Å². The van der Waals surface area contributed by atoms with Crippen LogP contribution in [0.15, 0.2) is 140 Å². The van der Waals surface area contributed by atoms with Crippen LogP contribution in [0, 0.1) is 0 Å². The maximum atomic E-state index is 4.72. The molecule has 0 fully saturated rings. The molecule has 0 radical (unpaired) electrons. The third-order valence-electron chi connectivity index (χ3n) is 8.52. The average Bonchev–Trinajstić information content (AvgIpc) is 3.42. The molecule has 0 atom stereocenters. The van der Waals surface area contributed by atoms with Crippen molar-refractivity contribution in [2.45, 2.75) is 0 Å². The lowest BCUT2D eigenvalue weighted by Gasteiger charge is -2.26. The molecular weight excluding hydrogens is 515 g/mol. The smallest absolute Gasteiger partial charge is 0.0708 e. The molecule has 0 amide bonds. The van der Waals surface area contributed by atoms with Crippen LogP contribution < -0.4 is 0 Å². The predicted molar refractivity (Wildman–Crippen MR) is 175 cm³/mol. The number of rotatable bonds is 1. The highest BCUT2D eigenvalue weighted by molar-refractivity contribution is 7.26. The Balaban J connectivity index is 1.45. The second-order valence-corrected chi connectivity index (χ2v) is 11.7. The van der Waals surface area contributed by atoms with Crippen LogP contribution in [0.2, 0.25) is 0 Å². The number of nitrogens with zero attached hydrogens (tertiary/aromatic N) is 1. The summed E-state index contributed by atoms with van der Waals surface area (Å²) in [5.41, 5.74) is 13.6. The molecule has 0 unspecified atom stereocenters. The normalized spacial score (nSPS) is 11.9. The highest BCUT2D eigenvalue weighted by atomic mass is 32.1. The summed E-state index contributed by atoms with van der Waals surface area (Å²) < 4.78 is 2.67. The van der Waals surface area contributed by atoms with E-state index in [0.29, 0.717) is 0 Å². The first-order chi connectivity index (χ1) is 20.4. The molecule has 1 aliphatic rings. The van der Waals surface area contributed by atoms with E-state index in [9.17, 15) is 0 Å². The van der Waals surface area contributed by atoms with E-state index in [-0.39, 0.29) is 0 Å². The maximum Gasteiger partial charge on any atom is 0.0708 e. The van der Waals surface area contributed by atoms with Gasteiger partial charge in [-0.2, -0.15) is 0 Å². The van der Waals surface area contributed by atoms with Crippen LogP contribution in [0.4, 0.5) is 0 Å². The second-order valence-electron chi connectivity index (χ2n) is 10.7. The molecule has 0 saturated carbocycles. The van der Waals surface area contributed by atoms with Gasteiger partial charge in [0.05, 0.1) is 5.52 Å². The molecule has 0 bridgehead atoms. The first-order valence-corrected chi connectivity index (χ1v) is 14.8. The molecule has 0 spiro atoms. The molecule has 190 valence electrons. The Hall–Kier alpha value is -5.05. The van der Waals surface area contributed by atoms with Crippen LogP contribution in [0.25, 0.3) is 86.7 Å². The molecule has 0 saturated heterocycles. The lowest BCUT2D eigenvalue weighted by Crippen LogP contribution is -1.99. The minimum atomic E-state index is 1.02. The average molecular weight is 538 g/mol. The van der Waals surface area contributed by atoms with Gasteiger partial charge in [0, 0.05) is 37.3 Å². The number of benzene rings is 6. The SMILES string of the molecule is c1ccc2c(c1)-c1ccc3ncccc3c1-c1ccccc1-c1cccc(-c3cccc4c3sc3ccccc34)c1-2. The van der Waals surface area contributed by atoms with E-state index in [0.717, 1.165) is 5.52 Å². The molecule has 2 heteroatoms. The fraction of sp³-hybridized carbons (Fsp3) is 0. The molecule has 6 aromatic carbocycles. The van der Waals surface area contributed by atoms with Crippen LogP contribution in [-0.2, 0) is 0 Å². The summed E-state index contributed by atoms with van der Waals surface area (Å²) >= 11 is 1.89. The van der Waals surface area contributed by atoms with E-state index < -0.39 is 0 Å². The van der Waals surface area contributed by atoms with Gasteiger partial charge in [0.25, 0.3) is 0 Å². The Labute approximate surface area is 242 Å². The topological polar surface area (TPSA) is 12.9 Å². The standard InChI is InChI=1S/C39H23NS/c1-4-14-28-24(10-1)29-15-7-16-30(33-18-8-17-32-26-12-5-6-20-36(26)41-39(32)33)37(29)27-13-3-2-11-25(27)31-21-22-35-34(38(28)31)19-9-23-40-35/h1-23H. The van der Waals surface area contributed by atoms with Crippen LogP contribution in [0.5, 0.6) is 0 Å². The molecule has 9 rings (SSSR count). The summed E-state index contributed by atoms with van der Waals surface area (Å²) in [6, 6.07) is 48.9. The zero-order valence-electron chi connectivity index (χ0n) is 22.1. The number of hydrogen-bond acceptors (Lipinski definition) is 2. The first kappa shape index (κ1) is 22.7. The minimum absolute atomic E-state index is 1.02. The lowest BCUT2D eigenvalue weighted by atomic mass is 9.77. The summed E-state index contributed by atoms with van der Waals surface area (Å²) in [4.78, 5) is 4.72. The Morgan fingerprint density at radius 1 is 0.366 bits per heavy atom. The summed E-state index contributed by atoms with van der Waals surface area (Å²) in [6.45, 7) is 0. The molecule has 8 aromatic rings. The molecule has 2 aromatic heterocycles. The van der Waals surface area contributed by atoms with Gasteiger partial charge in [-0.3, -0.25) is 4.98 Å². The Bertz CT molecular complexity index is 2320. The molecule has 1 aliphatic carbocycles. The Kier molecular flexibility index (Phi) is 4.84. The van der Waals surface area contributed by atoms with Gasteiger partial charge in [0.15, 0.2) is 0 Å². The number of hydrogen-bond donors (Lipinski definition) is 0. The molecule has 0 N–H and O–H groups in total. The highest BCUT2D eigenvalue weighted by Crippen LogP contribution is 2.53. The van der Waals surface area contributed by atoms with Crippen molar-refractivity contribution >= 4 is 42.4 Å². The minimum Gasteiger partial charge on any atom is -0.256 e. The van der Waals surface area contributed by atoms with Crippen LogP contribution in [-0.4, -0.2) is 4.98 Å². The van der Waals surface area contributed by atoms with E-state index in [1.807, 2.05) is 23.6 Å². The molecule has 0 aliphatic heterocycles. The van der Waals surface area contributed by atoms with Crippen molar-refractivity contribution < 1.29 is 0 Å². The van der Waals surface area contributed by atoms with Crippen molar-refractivity contribution in [2.75, 3.05) is 0 Å².